The van der Waals surface area contributed by atoms with E-state index in [1.54, 1.807) is 12.1 Å². The maximum atomic E-state index is 9.18. The average Bonchev–Trinajstić information content (AvgIpc) is 2.47. The zero-order chi connectivity index (χ0) is 11.0. The SMILES string of the molecule is Oc1ccc(C2=CC(=S)C(S)[C]2S)cc1. The highest BCUT2D eigenvalue weighted by Gasteiger charge is 2.29. The molecule has 1 radical (unpaired) electrons. The number of benzene rings is 1. The van der Waals surface area contributed by atoms with E-state index in [4.69, 9.17) is 12.2 Å². The fourth-order valence-corrected chi connectivity index (χ4v) is 2.32. The van der Waals surface area contributed by atoms with Gasteiger partial charge < -0.3 is 5.11 Å². The summed E-state index contributed by atoms with van der Waals surface area (Å²) < 4.78 is 0. The molecule has 15 heavy (non-hydrogen) atoms. The van der Waals surface area contributed by atoms with Gasteiger partial charge in [-0.3, -0.25) is 0 Å². The Morgan fingerprint density at radius 2 is 1.80 bits per heavy atom. The Kier molecular flexibility index (Phi) is 3.09. The molecule has 0 heterocycles. The van der Waals surface area contributed by atoms with Crippen molar-refractivity contribution in [2.45, 2.75) is 5.25 Å². The lowest BCUT2D eigenvalue weighted by Gasteiger charge is -2.11. The first-order valence-electron chi connectivity index (χ1n) is 4.39. The molecule has 0 fully saturated rings. The molecule has 0 aromatic heterocycles. The fourth-order valence-electron chi connectivity index (χ4n) is 1.45. The van der Waals surface area contributed by atoms with Crippen LogP contribution in [0.4, 0.5) is 0 Å². The van der Waals surface area contributed by atoms with E-state index < -0.39 is 0 Å². The normalized spacial score (nSPS) is 21.9. The van der Waals surface area contributed by atoms with E-state index in [9.17, 15) is 5.11 Å². The van der Waals surface area contributed by atoms with Gasteiger partial charge in [-0.15, -0.1) is 0 Å². The maximum Gasteiger partial charge on any atom is 0.115 e. The van der Waals surface area contributed by atoms with Crippen LogP contribution < -0.4 is 0 Å². The lowest BCUT2D eigenvalue weighted by Crippen LogP contribution is -2.08. The van der Waals surface area contributed by atoms with Crippen LogP contribution in [-0.4, -0.2) is 15.2 Å². The summed E-state index contributed by atoms with van der Waals surface area (Å²) in [6.45, 7) is 0. The molecule has 4 heteroatoms. The molecule has 0 saturated carbocycles. The van der Waals surface area contributed by atoms with Crippen molar-refractivity contribution in [3.8, 4) is 5.75 Å². The second kappa shape index (κ2) is 4.20. The van der Waals surface area contributed by atoms with Gasteiger partial charge in [-0.1, -0.05) is 24.4 Å². The lowest BCUT2D eigenvalue weighted by molar-refractivity contribution is 0.475. The number of thiocarbonyl (C=S) groups is 1. The van der Waals surface area contributed by atoms with Crippen molar-refractivity contribution < 1.29 is 5.11 Å². The van der Waals surface area contributed by atoms with Crippen LogP contribution in [0.25, 0.3) is 5.57 Å². The Morgan fingerprint density at radius 3 is 2.27 bits per heavy atom. The van der Waals surface area contributed by atoms with E-state index in [0.29, 0.717) is 0 Å². The Balaban J connectivity index is 2.36. The summed E-state index contributed by atoms with van der Waals surface area (Å²) >= 11 is 13.9. The van der Waals surface area contributed by atoms with Crippen molar-refractivity contribution in [3.63, 3.8) is 0 Å². The number of hydrogen-bond donors (Lipinski definition) is 3. The fraction of sp³-hybridized carbons (Fsp3) is 0.0909. The Bertz CT molecular complexity index is 422. The third-order valence-electron chi connectivity index (χ3n) is 2.27. The summed E-state index contributed by atoms with van der Waals surface area (Å²) in [6.07, 6.45) is 1.90. The Hall–Kier alpha value is -0.450. The van der Waals surface area contributed by atoms with Gasteiger partial charge in [0, 0.05) is 4.86 Å². The van der Waals surface area contributed by atoms with Gasteiger partial charge in [0.15, 0.2) is 0 Å². The molecule has 0 amide bonds. The standard InChI is InChI=1S/C11H9OS3/c12-7-3-1-6(2-4-7)8-5-9(13)11(15)10(8)14/h1-5,11-12,14-15H. The van der Waals surface area contributed by atoms with Crippen molar-refractivity contribution >= 4 is 47.9 Å². The van der Waals surface area contributed by atoms with Gasteiger partial charge in [0.2, 0.25) is 0 Å². The molecule has 0 aliphatic heterocycles. The third-order valence-corrected chi connectivity index (χ3v) is 4.04. The summed E-state index contributed by atoms with van der Waals surface area (Å²) in [5, 5.41) is 9.98. The highest BCUT2D eigenvalue weighted by Crippen LogP contribution is 2.40. The molecule has 77 valence electrons. The molecule has 1 aromatic rings. The number of thiol groups is 2. The number of aromatic hydroxyl groups is 1. The van der Waals surface area contributed by atoms with Crippen molar-refractivity contribution in [2.24, 2.45) is 0 Å². The number of allylic oxidation sites excluding steroid dienone is 1. The van der Waals surface area contributed by atoms with Crippen molar-refractivity contribution in [1.29, 1.82) is 0 Å². The molecule has 1 atom stereocenters. The second-order valence-electron chi connectivity index (χ2n) is 3.30. The number of rotatable bonds is 1. The van der Waals surface area contributed by atoms with Crippen LogP contribution in [0.2, 0.25) is 0 Å². The largest absolute Gasteiger partial charge is 0.508 e. The highest BCUT2D eigenvalue weighted by atomic mass is 32.1. The van der Waals surface area contributed by atoms with Gasteiger partial charge in [-0.2, -0.15) is 25.3 Å². The molecule has 0 bridgehead atoms. The van der Waals surface area contributed by atoms with E-state index in [-0.39, 0.29) is 11.0 Å². The molecule has 0 spiro atoms. The topological polar surface area (TPSA) is 20.2 Å². The number of phenols is 1. The second-order valence-corrected chi connectivity index (χ2v) is 4.76. The number of phenolic OH excluding ortho intramolecular Hbond substituents is 1. The third kappa shape index (κ3) is 2.07. The molecule has 2 rings (SSSR count). The average molecular weight is 253 g/mol. The van der Waals surface area contributed by atoms with Crippen LogP contribution in [0.1, 0.15) is 5.56 Å². The smallest absolute Gasteiger partial charge is 0.115 e. The first-order chi connectivity index (χ1) is 7.09. The molecule has 1 N–H and O–H groups in total. The first kappa shape index (κ1) is 11.0. The lowest BCUT2D eigenvalue weighted by atomic mass is 10.1. The summed E-state index contributed by atoms with van der Waals surface area (Å²) in [6, 6.07) is 6.97. The monoisotopic (exact) mass is 253 g/mol. The zero-order valence-corrected chi connectivity index (χ0v) is 10.3. The van der Waals surface area contributed by atoms with E-state index >= 15 is 0 Å². The molecular formula is C11H9OS3. The highest BCUT2D eigenvalue weighted by molar-refractivity contribution is 7.90. The minimum Gasteiger partial charge on any atom is -0.508 e. The zero-order valence-electron chi connectivity index (χ0n) is 7.71. The molecule has 0 saturated heterocycles. The van der Waals surface area contributed by atoms with Crippen LogP contribution in [-0.2, 0) is 0 Å². The molecule has 1 aromatic carbocycles. The van der Waals surface area contributed by atoms with Crippen LogP contribution in [0.15, 0.2) is 30.3 Å². The quantitative estimate of drug-likeness (QED) is 0.528. The summed E-state index contributed by atoms with van der Waals surface area (Å²) in [5.41, 5.74) is 1.99. The van der Waals surface area contributed by atoms with Gasteiger partial charge in [0.1, 0.15) is 5.75 Å². The van der Waals surface area contributed by atoms with E-state index in [0.717, 1.165) is 21.3 Å². The van der Waals surface area contributed by atoms with E-state index in [1.165, 1.54) is 0 Å². The first-order valence-corrected chi connectivity index (χ1v) is 5.76. The van der Waals surface area contributed by atoms with Gasteiger partial charge in [-0.05, 0) is 29.3 Å². The van der Waals surface area contributed by atoms with E-state index in [1.807, 2.05) is 18.2 Å². The maximum absolute atomic E-state index is 9.18. The minimum atomic E-state index is -0.0767. The van der Waals surface area contributed by atoms with Crippen LogP contribution in [0.3, 0.4) is 0 Å². The molecule has 1 aliphatic rings. The minimum absolute atomic E-state index is 0.0767. The van der Waals surface area contributed by atoms with Crippen LogP contribution >= 0.6 is 37.5 Å². The summed E-state index contributed by atoms with van der Waals surface area (Å²) in [7, 11) is 0. The van der Waals surface area contributed by atoms with Gasteiger partial charge in [0.05, 0.1) is 10.5 Å². The molecular weight excluding hydrogens is 244 g/mol. The van der Waals surface area contributed by atoms with Gasteiger partial charge in [-0.25, -0.2) is 0 Å². The number of hydrogen-bond acceptors (Lipinski definition) is 4. The molecule has 1 nitrogen and oxygen atoms in total. The summed E-state index contributed by atoms with van der Waals surface area (Å²) in [4.78, 5) is 0.784. The van der Waals surface area contributed by atoms with Crippen molar-refractivity contribution in [2.75, 3.05) is 0 Å². The van der Waals surface area contributed by atoms with Crippen LogP contribution in [0.5, 0.6) is 5.75 Å². The van der Waals surface area contributed by atoms with E-state index in [2.05, 4.69) is 25.3 Å². The van der Waals surface area contributed by atoms with Gasteiger partial charge >= 0.3 is 0 Å². The van der Waals surface area contributed by atoms with Crippen molar-refractivity contribution in [3.05, 3.63) is 41.2 Å². The van der Waals surface area contributed by atoms with Crippen molar-refractivity contribution in [1.82, 2.24) is 0 Å². The summed E-state index contributed by atoms with van der Waals surface area (Å²) in [5.74, 6) is 0.253. The Labute approximate surface area is 105 Å². The molecule has 1 aliphatic carbocycles. The predicted molar refractivity (Wildman–Crippen MR) is 73.7 cm³/mol. The Morgan fingerprint density at radius 1 is 1.20 bits per heavy atom. The van der Waals surface area contributed by atoms with Gasteiger partial charge in [0.25, 0.3) is 0 Å². The predicted octanol–water partition coefficient (Wildman–Crippen LogP) is 2.92. The van der Waals surface area contributed by atoms with Crippen LogP contribution in [0, 0.1) is 5.25 Å². The molecule has 1 unspecified atom stereocenters.